The van der Waals surface area contributed by atoms with Crippen LogP contribution in [0.4, 0.5) is 0 Å². The van der Waals surface area contributed by atoms with Crippen molar-refractivity contribution in [2.75, 3.05) is 0 Å². The highest BCUT2D eigenvalue weighted by Crippen LogP contribution is 2.20. The molecular formula is C14H15NO3S. The van der Waals surface area contributed by atoms with Crippen molar-refractivity contribution in [3.05, 3.63) is 58.0 Å². The zero-order chi connectivity index (χ0) is 14.2. The Labute approximate surface area is 112 Å². The first-order valence-electron chi connectivity index (χ1n) is 5.83. The molecule has 100 valence electrons. The number of aryl methyl sites for hydroxylation is 2. The van der Waals surface area contributed by atoms with E-state index in [2.05, 4.69) is 0 Å². The third-order valence-corrected chi connectivity index (χ3v) is 5.06. The van der Waals surface area contributed by atoms with Gasteiger partial charge in [-0.05, 0) is 37.6 Å². The van der Waals surface area contributed by atoms with Gasteiger partial charge in [0, 0.05) is 12.7 Å². The first-order chi connectivity index (χ1) is 8.85. The van der Waals surface area contributed by atoms with Crippen molar-refractivity contribution in [3.8, 4) is 0 Å². The molecule has 1 aromatic heterocycles. The minimum absolute atomic E-state index is 0.138. The standard InChI is InChI=1S/C14H15NO3S/c1-10-9-11(2)15(3)14(16)13(10)19(17,18)12-7-5-4-6-8-12/h4-9H,1-3H3. The lowest BCUT2D eigenvalue weighted by atomic mass is 10.2. The lowest BCUT2D eigenvalue weighted by molar-refractivity contribution is 0.591. The van der Waals surface area contributed by atoms with Gasteiger partial charge in [0.2, 0.25) is 9.84 Å². The molecule has 0 saturated carbocycles. The van der Waals surface area contributed by atoms with Crippen LogP contribution in [0.15, 0.2) is 51.0 Å². The quantitative estimate of drug-likeness (QED) is 0.841. The van der Waals surface area contributed by atoms with Gasteiger partial charge in [0.15, 0.2) is 0 Å². The number of sulfone groups is 1. The number of aromatic nitrogens is 1. The predicted molar refractivity (Wildman–Crippen MR) is 73.1 cm³/mol. The second-order valence-electron chi connectivity index (χ2n) is 4.48. The second kappa shape index (κ2) is 4.66. The Bertz CT molecular complexity index is 774. The SMILES string of the molecule is Cc1cc(C)n(C)c(=O)c1S(=O)(=O)c1ccccc1. The number of pyridine rings is 1. The fourth-order valence-corrected chi connectivity index (χ4v) is 3.60. The zero-order valence-electron chi connectivity index (χ0n) is 11.0. The van der Waals surface area contributed by atoms with Crippen LogP contribution in [-0.4, -0.2) is 13.0 Å². The second-order valence-corrected chi connectivity index (χ2v) is 6.37. The van der Waals surface area contributed by atoms with Gasteiger partial charge in [-0.3, -0.25) is 4.79 Å². The van der Waals surface area contributed by atoms with E-state index in [1.165, 1.54) is 16.7 Å². The highest BCUT2D eigenvalue weighted by molar-refractivity contribution is 7.91. The van der Waals surface area contributed by atoms with Crippen molar-refractivity contribution in [2.45, 2.75) is 23.6 Å². The molecule has 0 N–H and O–H groups in total. The summed E-state index contributed by atoms with van der Waals surface area (Å²) in [6.07, 6.45) is 0. The fraction of sp³-hybridized carbons (Fsp3) is 0.214. The molecule has 0 amide bonds. The largest absolute Gasteiger partial charge is 0.315 e. The molecule has 4 nitrogen and oxygen atoms in total. The van der Waals surface area contributed by atoms with E-state index in [4.69, 9.17) is 0 Å². The summed E-state index contributed by atoms with van der Waals surface area (Å²) < 4.78 is 26.4. The van der Waals surface area contributed by atoms with Gasteiger partial charge >= 0.3 is 0 Å². The van der Waals surface area contributed by atoms with E-state index < -0.39 is 15.4 Å². The number of nitrogens with zero attached hydrogens (tertiary/aromatic N) is 1. The minimum atomic E-state index is -3.77. The van der Waals surface area contributed by atoms with Crippen LogP contribution in [-0.2, 0) is 16.9 Å². The van der Waals surface area contributed by atoms with Crippen LogP contribution in [0.25, 0.3) is 0 Å². The van der Waals surface area contributed by atoms with Gasteiger partial charge < -0.3 is 4.57 Å². The highest BCUT2D eigenvalue weighted by atomic mass is 32.2. The summed E-state index contributed by atoms with van der Waals surface area (Å²) in [5, 5.41) is 0. The number of hydrogen-bond donors (Lipinski definition) is 0. The Morgan fingerprint density at radius 2 is 1.63 bits per heavy atom. The summed E-state index contributed by atoms with van der Waals surface area (Å²) in [6.45, 7) is 3.41. The van der Waals surface area contributed by atoms with Gasteiger partial charge in [-0.15, -0.1) is 0 Å². The summed E-state index contributed by atoms with van der Waals surface area (Å²) >= 11 is 0. The Kier molecular flexibility index (Phi) is 3.32. The zero-order valence-corrected chi connectivity index (χ0v) is 11.9. The van der Waals surface area contributed by atoms with Gasteiger partial charge in [-0.2, -0.15) is 0 Å². The molecule has 0 spiro atoms. The molecular weight excluding hydrogens is 262 g/mol. The smallest absolute Gasteiger partial charge is 0.269 e. The van der Waals surface area contributed by atoms with Crippen molar-refractivity contribution >= 4 is 9.84 Å². The molecule has 0 aliphatic carbocycles. The summed E-state index contributed by atoms with van der Waals surface area (Å²) in [4.78, 5) is 12.2. The van der Waals surface area contributed by atoms with Crippen LogP contribution in [0, 0.1) is 13.8 Å². The van der Waals surface area contributed by atoms with E-state index in [1.54, 1.807) is 45.2 Å². The predicted octanol–water partition coefficient (Wildman–Crippen LogP) is 1.83. The molecule has 0 unspecified atom stereocenters. The molecule has 19 heavy (non-hydrogen) atoms. The van der Waals surface area contributed by atoms with Crippen LogP contribution in [0.2, 0.25) is 0 Å². The van der Waals surface area contributed by atoms with Crippen molar-refractivity contribution < 1.29 is 8.42 Å². The Balaban J connectivity index is 2.81. The lowest BCUT2D eigenvalue weighted by Gasteiger charge is -2.11. The Morgan fingerprint density at radius 3 is 2.21 bits per heavy atom. The molecule has 0 fully saturated rings. The number of benzene rings is 1. The topological polar surface area (TPSA) is 56.1 Å². The number of hydrogen-bond acceptors (Lipinski definition) is 3. The van der Waals surface area contributed by atoms with E-state index in [0.717, 1.165) is 5.69 Å². The maximum Gasteiger partial charge on any atom is 0.269 e. The van der Waals surface area contributed by atoms with Crippen molar-refractivity contribution in [1.82, 2.24) is 4.57 Å². The molecule has 2 rings (SSSR count). The van der Waals surface area contributed by atoms with Crippen molar-refractivity contribution in [3.63, 3.8) is 0 Å². The van der Waals surface area contributed by atoms with Crippen LogP contribution < -0.4 is 5.56 Å². The lowest BCUT2D eigenvalue weighted by Crippen LogP contribution is -2.26. The normalized spacial score (nSPS) is 11.5. The molecule has 0 bridgehead atoms. The van der Waals surface area contributed by atoms with E-state index >= 15 is 0 Å². The third kappa shape index (κ3) is 2.21. The molecule has 1 heterocycles. The summed E-state index contributed by atoms with van der Waals surface area (Å²) in [5.74, 6) is 0. The number of rotatable bonds is 2. The van der Waals surface area contributed by atoms with Crippen LogP contribution >= 0.6 is 0 Å². The molecule has 0 radical (unpaired) electrons. The third-order valence-electron chi connectivity index (χ3n) is 3.13. The average molecular weight is 277 g/mol. The van der Waals surface area contributed by atoms with E-state index in [1.807, 2.05) is 0 Å². The molecule has 5 heteroatoms. The molecule has 0 aliphatic heterocycles. The van der Waals surface area contributed by atoms with Crippen molar-refractivity contribution in [1.29, 1.82) is 0 Å². The van der Waals surface area contributed by atoms with E-state index in [0.29, 0.717) is 5.56 Å². The van der Waals surface area contributed by atoms with E-state index in [9.17, 15) is 13.2 Å². The molecule has 0 aliphatic rings. The summed E-state index contributed by atoms with van der Waals surface area (Å²) in [7, 11) is -2.20. The Hall–Kier alpha value is -1.88. The van der Waals surface area contributed by atoms with Gasteiger partial charge in [0.05, 0.1) is 4.90 Å². The molecule has 1 aromatic carbocycles. The first-order valence-corrected chi connectivity index (χ1v) is 7.31. The van der Waals surface area contributed by atoms with Gasteiger partial charge in [0.25, 0.3) is 5.56 Å². The first kappa shape index (κ1) is 13.5. The molecule has 0 saturated heterocycles. The van der Waals surface area contributed by atoms with E-state index in [-0.39, 0.29) is 9.79 Å². The molecule has 2 aromatic rings. The minimum Gasteiger partial charge on any atom is -0.315 e. The van der Waals surface area contributed by atoms with Crippen LogP contribution in [0.3, 0.4) is 0 Å². The summed E-state index contributed by atoms with van der Waals surface area (Å²) in [6, 6.07) is 9.71. The Morgan fingerprint density at radius 1 is 1.05 bits per heavy atom. The maximum atomic E-state index is 12.5. The fourth-order valence-electron chi connectivity index (χ4n) is 2.00. The molecule has 0 atom stereocenters. The maximum absolute atomic E-state index is 12.5. The van der Waals surface area contributed by atoms with Crippen LogP contribution in [0.1, 0.15) is 11.3 Å². The monoisotopic (exact) mass is 277 g/mol. The van der Waals surface area contributed by atoms with Crippen LogP contribution in [0.5, 0.6) is 0 Å². The van der Waals surface area contributed by atoms with Gasteiger partial charge in [0.1, 0.15) is 4.90 Å². The average Bonchev–Trinajstić information content (AvgIpc) is 2.37. The van der Waals surface area contributed by atoms with Gasteiger partial charge in [-0.25, -0.2) is 8.42 Å². The van der Waals surface area contributed by atoms with Crippen molar-refractivity contribution in [2.24, 2.45) is 7.05 Å². The highest BCUT2D eigenvalue weighted by Gasteiger charge is 2.24. The summed E-state index contributed by atoms with van der Waals surface area (Å²) in [5.41, 5.74) is 0.723. The van der Waals surface area contributed by atoms with Gasteiger partial charge in [-0.1, -0.05) is 18.2 Å².